The molecular weight excluding hydrogens is 260 g/mol. The minimum atomic E-state index is 0.194. The number of rotatable bonds is 4. The zero-order valence-corrected chi connectivity index (χ0v) is 13.5. The van der Waals surface area contributed by atoms with E-state index in [1.54, 1.807) is 6.07 Å². The minimum Gasteiger partial charge on any atom is -0.508 e. The molecule has 2 N–H and O–H groups in total. The minimum absolute atomic E-state index is 0.194. The van der Waals surface area contributed by atoms with Gasteiger partial charge in [-0.15, -0.1) is 0 Å². The Hall–Kier alpha value is -1.06. The van der Waals surface area contributed by atoms with Crippen LogP contribution in [0.25, 0.3) is 0 Å². The summed E-state index contributed by atoms with van der Waals surface area (Å²) in [6.07, 6.45) is 3.87. The van der Waals surface area contributed by atoms with E-state index in [4.69, 9.17) is 0 Å². The van der Waals surface area contributed by atoms with Crippen LogP contribution in [0.4, 0.5) is 0 Å². The molecule has 1 saturated carbocycles. The molecule has 2 fully saturated rings. The van der Waals surface area contributed by atoms with Crippen LogP contribution in [0.2, 0.25) is 0 Å². The van der Waals surface area contributed by atoms with Crippen LogP contribution in [-0.2, 0) is 6.54 Å². The van der Waals surface area contributed by atoms with Crippen molar-refractivity contribution in [3.63, 3.8) is 0 Å². The first-order valence-corrected chi connectivity index (χ1v) is 8.23. The number of piperazine rings is 1. The summed E-state index contributed by atoms with van der Waals surface area (Å²) in [4.78, 5) is 2.62. The number of aromatic hydroxyl groups is 1. The molecule has 0 bridgehead atoms. The Morgan fingerprint density at radius 3 is 2.71 bits per heavy atom. The monoisotopic (exact) mass is 288 g/mol. The lowest BCUT2D eigenvalue weighted by Gasteiger charge is -2.52. The molecule has 0 radical (unpaired) electrons. The van der Waals surface area contributed by atoms with Crippen LogP contribution in [0.1, 0.15) is 45.6 Å². The zero-order chi connectivity index (χ0) is 15.1. The van der Waals surface area contributed by atoms with Gasteiger partial charge in [0.05, 0.1) is 0 Å². The zero-order valence-electron chi connectivity index (χ0n) is 13.5. The molecule has 1 aromatic carbocycles. The lowest BCUT2D eigenvalue weighted by atomic mass is 9.84. The Labute approximate surface area is 128 Å². The van der Waals surface area contributed by atoms with Crippen molar-refractivity contribution in [2.75, 3.05) is 13.1 Å². The summed E-state index contributed by atoms with van der Waals surface area (Å²) in [5, 5.41) is 13.5. The highest BCUT2D eigenvalue weighted by Gasteiger charge is 2.48. The maximum atomic E-state index is 9.70. The molecule has 0 spiro atoms. The number of nitrogens with zero attached hydrogens (tertiary/aromatic N) is 1. The SMILES string of the molecule is CCC1(C)CNC(C)(C2CC2)CN1Cc1cccc(O)c1. The third-order valence-corrected chi connectivity index (χ3v) is 5.68. The molecule has 3 heteroatoms. The number of hydrogen-bond donors (Lipinski definition) is 2. The van der Waals surface area contributed by atoms with Crippen LogP contribution in [0.15, 0.2) is 24.3 Å². The van der Waals surface area contributed by atoms with Gasteiger partial charge in [0, 0.05) is 30.7 Å². The maximum Gasteiger partial charge on any atom is 0.115 e. The Morgan fingerprint density at radius 2 is 2.10 bits per heavy atom. The fraction of sp³-hybridized carbons (Fsp3) is 0.667. The van der Waals surface area contributed by atoms with Crippen LogP contribution in [0.3, 0.4) is 0 Å². The van der Waals surface area contributed by atoms with E-state index in [9.17, 15) is 5.11 Å². The third kappa shape index (κ3) is 2.95. The van der Waals surface area contributed by atoms with Gasteiger partial charge in [0.2, 0.25) is 0 Å². The quantitative estimate of drug-likeness (QED) is 0.893. The molecule has 3 rings (SSSR count). The van der Waals surface area contributed by atoms with Gasteiger partial charge < -0.3 is 10.4 Å². The maximum absolute atomic E-state index is 9.70. The molecule has 116 valence electrons. The molecule has 21 heavy (non-hydrogen) atoms. The number of nitrogens with one attached hydrogen (secondary N) is 1. The highest BCUT2D eigenvalue weighted by Crippen LogP contribution is 2.43. The van der Waals surface area contributed by atoms with Gasteiger partial charge in [-0.3, -0.25) is 4.90 Å². The van der Waals surface area contributed by atoms with E-state index in [-0.39, 0.29) is 11.1 Å². The van der Waals surface area contributed by atoms with Crippen molar-refractivity contribution >= 4 is 0 Å². The van der Waals surface area contributed by atoms with Crippen LogP contribution < -0.4 is 5.32 Å². The van der Waals surface area contributed by atoms with E-state index in [0.29, 0.717) is 5.75 Å². The van der Waals surface area contributed by atoms with E-state index in [1.807, 2.05) is 12.1 Å². The first kappa shape index (κ1) is 14.9. The summed E-state index contributed by atoms with van der Waals surface area (Å²) in [6, 6.07) is 7.70. The lowest BCUT2D eigenvalue weighted by molar-refractivity contribution is 0.00422. The number of phenols is 1. The number of benzene rings is 1. The Kier molecular flexibility index (Phi) is 3.74. The van der Waals surface area contributed by atoms with E-state index in [1.165, 1.54) is 18.4 Å². The number of hydrogen-bond acceptors (Lipinski definition) is 3. The first-order valence-electron chi connectivity index (χ1n) is 8.23. The molecule has 1 heterocycles. The van der Waals surface area contributed by atoms with Gasteiger partial charge in [0.1, 0.15) is 5.75 Å². The van der Waals surface area contributed by atoms with E-state index >= 15 is 0 Å². The smallest absolute Gasteiger partial charge is 0.115 e. The molecule has 0 amide bonds. The van der Waals surface area contributed by atoms with E-state index < -0.39 is 0 Å². The van der Waals surface area contributed by atoms with Crippen molar-refractivity contribution in [2.24, 2.45) is 5.92 Å². The van der Waals surface area contributed by atoms with Crippen molar-refractivity contribution in [3.05, 3.63) is 29.8 Å². The number of phenolic OH excluding ortho intramolecular Hbond substituents is 1. The highest BCUT2D eigenvalue weighted by molar-refractivity contribution is 5.27. The van der Waals surface area contributed by atoms with Gasteiger partial charge in [0.15, 0.2) is 0 Å². The summed E-state index contributed by atoms with van der Waals surface area (Å²) in [7, 11) is 0. The summed E-state index contributed by atoms with van der Waals surface area (Å²) in [5.74, 6) is 1.20. The fourth-order valence-electron chi connectivity index (χ4n) is 3.61. The third-order valence-electron chi connectivity index (χ3n) is 5.68. The van der Waals surface area contributed by atoms with Crippen LogP contribution in [-0.4, -0.2) is 34.2 Å². The van der Waals surface area contributed by atoms with E-state index in [0.717, 1.165) is 32.0 Å². The molecule has 1 aromatic rings. The second-order valence-corrected chi connectivity index (χ2v) is 7.42. The van der Waals surface area contributed by atoms with Crippen molar-refractivity contribution in [3.8, 4) is 5.75 Å². The first-order chi connectivity index (χ1) is 9.95. The normalized spacial score (nSPS) is 34.0. The van der Waals surface area contributed by atoms with Gasteiger partial charge in [-0.05, 0) is 56.7 Å². The average molecular weight is 288 g/mol. The topological polar surface area (TPSA) is 35.5 Å². The summed E-state index contributed by atoms with van der Waals surface area (Å²) in [6.45, 7) is 10.1. The largest absolute Gasteiger partial charge is 0.508 e. The van der Waals surface area contributed by atoms with Gasteiger partial charge in [0.25, 0.3) is 0 Å². The van der Waals surface area contributed by atoms with Crippen molar-refractivity contribution in [1.29, 1.82) is 0 Å². The Bertz CT molecular complexity index is 514. The molecule has 2 aliphatic rings. The molecule has 2 unspecified atom stereocenters. The van der Waals surface area contributed by atoms with Crippen LogP contribution in [0, 0.1) is 5.92 Å². The summed E-state index contributed by atoms with van der Waals surface area (Å²) in [5.41, 5.74) is 1.65. The van der Waals surface area contributed by atoms with Gasteiger partial charge in [-0.2, -0.15) is 0 Å². The molecule has 1 saturated heterocycles. The van der Waals surface area contributed by atoms with Gasteiger partial charge >= 0.3 is 0 Å². The van der Waals surface area contributed by atoms with Crippen molar-refractivity contribution < 1.29 is 5.11 Å². The van der Waals surface area contributed by atoms with Crippen molar-refractivity contribution in [1.82, 2.24) is 10.2 Å². The van der Waals surface area contributed by atoms with Crippen molar-refractivity contribution in [2.45, 2.75) is 57.7 Å². The summed E-state index contributed by atoms with van der Waals surface area (Å²) >= 11 is 0. The Balaban J connectivity index is 1.80. The van der Waals surface area contributed by atoms with Gasteiger partial charge in [-0.25, -0.2) is 0 Å². The van der Waals surface area contributed by atoms with Crippen LogP contribution in [0.5, 0.6) is 5.75 Å². The second-order valence-electron chi connectivity index (χ2n) is 7.42. The second kappa shape index (κ2) is 5.29. The van der Waals surface area contributed by atoms with Gasteiger partial charge in [-0.1, -0.05) is 19.1 Å². The molecule has 1 aliphatic carbocycles. The fourth-order valence-corrected chi connectivity index (χ4v) is 3.61. The highest BCUT2D eigenvalue weighted by atomic mass is 16.3. The Morgan fingerprint density at radius 1 is 1.33 bits per heavy atom. The predicted octanol–water partition coefficient (Wildman–Crippen LogP) is 3.13. The summed E-state index contributed by atoms with van der Waals surface area (Å²) < 4.78 is 0. The predicted molar refractivity (Wildman–Crippen MR) is 86.3 cm³/mol. The molecule has 2 atom stereocenters. The standard InChI is InChI=1S/C18H28N2O/c1-4-17(2)12-19-18(3,15-8-9-15)13-20(17)11-14-6-5-7-16(21)10-14/h5-7,10,15,19,21H,4,8-9,11-13H2,1-3H3. The average Bonchev–Trinajstić information content (AvgIpc) is 3.28. The molecule has 3 nitrogen and oxygen atoms in total. The molecule has 0 aromatic heterocycles. The molecule has 1 aliphatic heterocycles. The van der Waals surface area contributed by atoms with E-state index in [2.05, 4.69) is 37.1 Å². The molecular formula is C18H28N2O. The van der Waals surface area contributed by atoms with Crippen LogP contribution >= 0.6 is 0 Å². The lowest BCUT2D eigenvalue weighted by Crippen LogP contribution is -2.68.